The van der Waals surface area contributed by atoms with E-state index >= 15 is 0 Å². The molecule has 0 saturated carbocycles. The molecule has 0 atom stereocenters. The summed E-state index contributed by atoms with van der Waals surface area (Å²) in [5.41, 5.74) is 8.83. The van der Waals surface area contributed by atoms with Gasteiger partial charge in [0.05, 0.1) is 5.69 Å². The highest BCUT2D eigenvalue weighted by molar-refractivity contribution is 9.10. The Hall–Kier alpha value is -1.83. The number of nitrogens with two attached hydrogens (primary N) is 1. The second-order valence-corrected chi connectivity index (χ2v) is 5.99. The maximum absolute atomic E-state index is 6.04. The third-order valence-corrected chi connectivity index (χ3v) is 4.48. The molecular weight excluding hydrogens is 320 g/mol. The van der Waals surface area contributed by atoms with Crippen molar-refractivity contribution >= 4 is 43.2 Å². The Kier molecular flexibility index (Phi) is 3.02. The van der Waals surface area contributed by atoms with Gasteiger partial charge in [-0.2, -0.15) is 0 Å². The number of pyridine rings is 1. The fourth-order valence-corrected chi connectivity index (χ4v) is 3.03. The van der Waals surface area contributed by atoms with E-state index < -0.39 is 0 Å². The van der Waals surface area contributed by atoms with Crippen molar-refractivity contribution < 1.29 is 0 Å². The van der Waals surface area contributed by atoms with Gasteiger partial charge in [-0.3, -0.25) is 0 Å². The van der Waals surface area contributed by atoms with Crippen molar-refractivity contribution in [3.63, 3.8) is 0 Å². The molecule has 0 aliphatic rings. The molecule has 1 aromatic carbocycles. The zero-order chi connectivity index (χ0) is 13.4. The summed E-state index contributed by atoms with van der Waals surface area (Å²) in [7, 11) is 0. The number of hydrogen-bond acceptors (Lipinski definition) is 3. The van der Waals surface area contributed by atoms with Gasteiger partial charge in [0.2, 0.25) is 0 Å². The Morgan fingerprint density at radius 3 is 2.63 bits per heavy atom. The van der Waals surface area contributed by atoms with Crippen molar-refractivity contribution in [2.24, 2.45) is 0 Å². The summed E-state index contributed by atoms with van der Waals surface area (Å²) in [6.45, 7) is 0. The molecule has 19 heavy (non-hydrogen) atoms. The van der Waals surface area contributed by atoms with Crippen LogP contribution in [0.5, 0.6) is 0 Å². The van der Waals surface area contributed by atoms with Gasteiger partial charge in [0.15, 0.2) is 0 Å². The maximum Gasteiger partial charge on any atom is 0.126 e. The van der Waals surface area contributed by atoms with Crippen molar-refractivity contribution in [2.45, 2.75) is 0 Å². The lowest BCUT2D eigenvalue weighted by Gasteiger charge is -2.02. The average molecular weight is 329 g/mol. The highest BCUT2D eigenvalue weighted by Gasteiger charge is 2.10. The largest absolute Gasteiger partial charge is 0.396 e. The first-order chi connectivity index (χ1) is 9.19. The van der Waals surface area contributed by atoms with Crippen LogP contribution in [0.15, 0.2) is 41.0 Å². The molecule has 92 valence electrons. The Bertz CT molecular complexity index is 797. The van der Waals surface area contributed by atoms with Crippen LogP contribution in [0.2, 0.25) is 0 Å². The Labute approximate surface area is 123 Å². The van der Waals surface area contributed by atoms with Gasteiger partial charge in [0.25, 0.3) is 0 Å². The first-order valence-corrected chi connectivity index (χ1v) is 7.20. The monoisotopic (exact) mass is 328 g/mol. The molecule has 2 nitrogen and oxygen atoms in total. The molecule has 4 heteroatoms. The maximum atomic E-state index is 6.04. The average Bonchev–Trinajstić information content (AvgIpc) is 2.76. The van der Waals surface area contributed by atoms with Crippen LogP contribution in [-0.4, -0.2) is 4.98 Å². The van der Waals surface area contributed by atoms with E-state index in [9.17, 15) is 0 Å². The van der Waals surface area contributed by atoms with Crippen molar-refractivity contribution in [1.82, 2.24) is 4.98 Å². The summed E-state index contributed by atoms with van der Waals surface area (Å²) < 4.78 is 1.05. The van der Waals surface area contributed by atoms with E-state index in [4.69, 9.17) is 12.2 Å². The minimum absolute atomic E-state index is 0.647. The first-order valence-electron chi connectivity index (χ1n) is 5.59. The molecule has 0 unspecified atom stereocenters. The summed E-state index contributed by atoms with van der Waals surface area (Å²) >= 11 is 4.88. The molecule has 2 N–H and O–H groups in total. The molecule has 0 spiro atoms. The number of halogens is 1. The number of nitrogen functional groups attached to an aromatic ring is 1. The topological polar surface area (TPSA) is 38.9 Å². The van der Waals surface area contributed by atoms with Crippen LogP contribution in [-0.2, 0) is 0 Å². The van der Waals surface area contributed by atoms with E-state index in [1.807, 2.05) is 36.5 Å². The molecule has 0 bridgehead atoms. The molecule has 0 amide bonds. The van der Waals surface area contributed by atoms with Crippen LogP contribution < -0.4 is 5.73 Å². The van der Waals surface area contributed by atoms with Crippen LogP contribution in [0, 0.1) is 12.3 Å². The number of terminal acetylenes is 1. The van der Waals surface area contributed by atoms with E-state index in [-0.39, 0.29) is 0 Å². The number of benzene rings is 1. The van der Waals surface area contributed by atoms with Crippen molar-refractivity contribution in [2.75, 3.05) is 5.73 Å². The van der Waals surface area contributed by atoms with Crippen LogP contribution in [0.3, 0.4) is 0 Å². The lowest BCUT2D eigenvalue weighted by molar-refractivity contribution is 1.44. The van der Waals surface area contributed by atoms with Gasteiger partial charge in [-0.05, 0) is 23.8 Å². The summed E-state index contributed by atoms with van der Waals surface area (Å²) in [6, 6.07) is 10.1. The Balaban J connectivity index is 2.19. The number of anilines is 1. The number of nitrogens with zero attached hydrogens (tertiary/aromatic N) is 1. The van der Waals surface area contributed by atoms with E-state index in [0.717, 1.165) is 30.7 Å². The second-order valence-electron chi connectivity index (χ2n) is 4.07. The molecule has 2 aromatic heterocycles. The number of fused-ring (bicyclic) bond motifs is 1. The SMILES string of the molecule is C#Cc1sc2ncc(-c3ccc(Br)cc3)cc2c1N. The van der Waals surface area contributed by atoms with Crippen molar-refractivity contribution in [1.29, 1.82) is 0 Å². The van der Waals surface area contributed by atoms with Gasteiger partial charge in [-0.25, -0.2) is 4.98 Å². The fraction of sp³-hybridized carbons (Fsp3) is 0. The Morgan fingerprint density at radius 2 is 1.95 bits per heavy atom. The minimum atomic E-state index is 0.647. The smallest absolute Gasteiger partial charge is 0.126 e. The lowest BCUT2D eigenvalue weighted by Crippen LogP contribution is -1.86. The zero-order valence-corrected chi connectivity index (χ0v) is 12.3. The minimum Gasteiger partial charge on any atom is -0.396 e. The van der Waals surface area contributed by atoms with Crippen molar-refractivity contribution in [3.05, 3.63) is 45.9 Å². The van der Waals surface area contributed by atoms with Gasteiger partial charge in [-0.15, -0.1) is 17.8 Å². The molecule has 3 aromatic rings. The third kappa shape index (κ3) is 2.12. The zero-order valence-electron chi connectivity index (χ0n) is 9.85. The normalized spacial score (nSPS) is 10.5. The third-order valence-electron chi connectivity index (χ3n) is 2.89. The van der Waals surface area contributed by atoms with Gasteiger partial charge >= 0.3 is 0 Å². The second kappa shape index (κ2) is 4.69. The quantitative estimate of drug-likeness (QED) is 0.677. The van der Waals surface area contributed by atoms with Gasteiger partial charge in [0.1, 0.15) is 9.71 Å². The Morgan fingerprint density at radius 1 is 1.21 bits per heavy atom. The standard InChI is InChI=1S/C15H9BrN2S/c1-2-13-14(17)12-7-10(8-18-15(12)19-13)9-3-5-11(16)6-4-9/h1,3-8H,17H2. The predicted molar refractivity (Wildman–Crippen MR) is 85.1 cm³/mol. The number of thiophene rings is 1. The lowest BCUT2D eigenvalue weighted by atomic mass is 10.1. The van der Waals surface area contributed by atoms with Crippen LogP contribution in [0.25, 0.3) is 21.3 Å². The van der Waals surface area contributed by atoms with Crippen LogP contribution in [0.4, 0.5) is 5.69 Å². The summed E-state index contributed by atoms with van der Waals surface area (Å²) in [4.78, 5) is 6.07. The summed E-state index contributed by atoms with van der Waals surface area (Å²) in [5.74, 6) is 2.60. The molecule has 0 aliphatic carbocycles. The van der Waals surface area contributed by atoms with E-state index in [2.05, 4.69) is 26.8 Å². The molecule has 0 radical (unpaired) electrons. The van der Waals surface area contributed by atoms with E-state index in [1.165, 1.54) is 11.3 Å². The number of rotatable bonds is 1. The van der Waals surface area contributed by atoms with E-state index in [0.29, 0.717) is 5.69 Å². The van der Waals surface area contributed by atoms with E-state index in [1.54, 1.807) is 0 Å². The number of aromatic nitrogens is 1. The molecule has 2 heterocycles. The molecule has 3 rings (SSSR count). The van der Waals surface area contributed by atoms with Crippen molar-refractivity contribution in [3.8, 4) is 23.5 Å². The molecule has 0 fully saturated rings. The van der Waals surface area contributed by atoms with Crippen LogP contribution in [0.1, 0.15) is 4.88 Å². The summed E-state index contributed by atoms with van der Waals surface area (Å²) in [6.07, 6.45) is 7.28. The molecular formula is C15H9BrN2S. The van der Waals surface area contributed by atoms with Gasteiger partial charge in [0, 0.05) is 21.6 Å². The van der Waals surface area contributed by atoms with Gasteiger partial charge < -0.3 is 5.73 Å². The highest BCUT2D eigenvalue weighted by Crippen LogP contribution is 2.34. The van der Waals surface area contributed by atoms with Crippen LogP contribution >= 0.6 is 27.3 Å². The van der Waals surface area contributed by atoms with Gasteiger partial charge in [-0.1, -0.05) is 34.0 Å². The number of hydrogen-bond donors (Lipinski definition) is 1. The molecule has 0 saturated heterocycles. The predicted octanol–water partition coefficient (Wildman–Crippen LogP) is 4.29. The molecule has 0 aliphatic heterocycles. The highest BCUT2D eigenvalue weighted by atomic mass is 79.9. The fourth-order valence-electron chi connectivity index (χ4n) is 1.91. The summed E-state index contributed by atoms with van der Waals surface area (Å²) in [5, 5.41) is 0.929. The first kappa shape index (κ1) is 12.2.